The van der Waals surface area contributed by atoms with Crippen LogP contribution < -0.4 is 20.1 Å². The Morgan fingerprint density at radius 1 is 1.10 bits per heavy atom. The van der Waals surface area contributed by atoms with Gasteiger partial charge in [-0.2, -0.15) is 0 Å². The van der Waals surface area contributed by atoms with Crippen molar-refractivity contribution in [3.63, 3.8) is 0 Å². The largest absolute Gasteiger partial charge is 0.497 e. The average Bonchev–Trinajstić information content (AvgIpc) is 3.20. The molecular weight excluding hydrogens is 426 g/mol. The van der Waals surface area contributed by atoms with Gasteiger partial charge in [0.05, 0.1) is 37.5 Å². The number of aliphatic imine (C=N–C) groups is 1. The number of fused-ring (bicyclic) bond motifs is 1. The molecule has 1 saturated heterocycles. The molecule has 8 nitrogen and oxygen atoms in total. The Morgan fingerprint density at radius 3 is 2.53 bits per heavy atom. The van der Waals surface area contributed by atoms with E-state index >= 15 is 0 Å². The molecule has 158 valence electrons. The number of carbonyl (C=O) groups is 1. The van der Waals surface area contributed by atoms with Gasteiger partial charge >= 0.3 is 0 Å². The molecule has 1 fully saturated rings. The van der Waals surface area contributed by atoms with Gasteiger partial charge in [0.15, 0.2) is 15.0 Å². The number of hydrogen-bond acceptors (Lipinski definition) is 8. The molecule has 0 spiro atoms. The molecule has 4 rings (SSSR count). The lowest BCUT2D eigenvalue weighted by molar-refractivity contribution is 0.102. The van der Waals surface area contributed by atoms with Crippen LogP contribution in [-0.4, -0.2) is 56.5 Å². The Kier molecular flexibility index (Phi) is 5.61. The number of hydrogen-bond donors (Lipinski definition) is 2. The first-order valence-electron chi connectivity index (χ1n) is 9.22. The summed E-state index contributed by atoms with van der Waals surface area (Å²) in [5.74, 6) is 1.15. The smallest absolute Gasteiger partial charge is 0.255 e. The zero-order chi connectivity index (χ0) is 21.3. The molecule has 0 saturated carbocycles. The van der Waals surface area contributed by atoms with Crippen LogP contribution in [0.3, 0.4) is 0 Å². The predicted octanol–water partition coefficient (Wildman–Crippen LogP) is 2.64. The van der Waals surface area contributed by atoms with Crippen LogP contribution in [0.2, 0.25) is 0 Å². The number of rotatable bonds is 5. The van der Waals surface area contributed by atoms with E-state index in [9.17, 15) is 13.2 Å². The fourth-order valence-corrected chi connectivity index (χ4v) is 7.03. The van der Waals surface area contributed by atoms with Crippen LogP contribution in [0.5, 0.6) is 11.5 Å². The van der Waals surface area contributed by atoms with Crippen molar-refractivity contribution in [3.05, 3.63) is 48.0 Å². The summed E-state index contributed by atoms with van der Waals surface area (Å²) in [6, 6.07) is 12.0. The summed E-state index contributed by atoms with van der Waals surface area (Å²) in [7, 11) is 0.117. The third-order valence-corrected chi connectivity index (χ3v) is 8.01. The zero-order valence-electron chi connectivity index (χ0n) is 16.4. The van der Waals surface area contributed by atoms with Crippen LogP contribution in [0, 0.1) is 0 Å². The molecular formula is C20H21N3O5S2. The molecule has 1 amide bonds. The molecule has 0 unspecified atom stereocenters. The van der Waals surface area contributed by atoms with Gasteiger partial charge in [0, 0.05) is 22.6 Å². The minimum atomic E-state index is -2.97. The fourth-order valence-electron chi connectivity index (χ4n) is 3.35. The van der Waals surface area contributed by atoms with Crippen molar-refractivity contribution in [2.24, 2.45) is 4.99 Å². The van der Waals surface area contributed by atoms with Crippen molar-refractivity contribution < 1.29 is 22.7 Å². The third kappa shape index (κ3) is 4.39. The van der Waals surface area contributed by atoms with Gasteiger partial charge < -0.3 is 20.1 Å². The first-order valence-corrected chi connectivity index (χ1v) is 11.9. The molecule has 10 heteroatoms. The Bertz CT molecular complexity index is 1100. The van der Waals surface area contributed by atoms with E-state index < -0.39 is 9.84 Å². The number of sulfone groups is 1. The van der Waals surface area contributed by atoms with E-state index in [1.807, 2.05) is 0 Å². The molecule has 2 aromatic rings. The van der Waals surface area contributed by atoms with Gasteiger partial charge in [0.1, 0.15) is 11.5 Å². The van der Waals surface area contributed by atoms with Gasteiger partial charge in [-0.05, 0) is 36.4 Å². The van der Waals surface area contributed by atoms with Crippen LogP contribution in [-0.2, 0) is 9.84 Å². The number of thioether (sulfide) groups is 1. The highest BCUT2D eigenvalue weighted by Gasteiger charge is 2.42. The normalized spacial score (nSPS) is 21.5. The first kappa shape index (κ1) is 20.5. The summed E-state index contributed by atoms with van der Waals surface area (Å²) in [4.78, 5) is 17.1. The van der Waals surface area contributed by atoms with E-state index in [0.717, 1.165) is 5.69 Å². The molecule has 0 bridgehead atoms. The average molecular weight is 448 g/mol. The van der Waals surface area contributed by atoms with E-state index in [1.54, 1.807) is 49.6 Å². The highest BCUT2D eigenvalue weighted by molar-refractivity contribution is 8.15. The van der Waals surface area contributed by atoms with Crippen molar-refractivity contribution in [3.8, 4) is 11.5 Å². The molecule has 0 radical (unpaired) electrons. The van der Waals surface area contributed by atoms with Crippen molar-refractivity contribution in [1.82, 2.24) is 0 Å². The van der Waals surface area contributed by atoms with Crippen molar-refractivity contribution in [2.75, 3.05) is 36.4 Å². The number of anilines is 2. The number of amides is 1. The van der Waals surface area contributed by atoms with Crippen LogP contribution in [0.1, 0.15) is 10.4 Å². The lowest BCUT2D eigenvalue weighted by Crippen LogP contribution is -2.13. The molecule has 2 aliphatic heterocycles. The second kappa shape index (κ2) is 8.19. The van der Waals surface area contributed by atoms with Crippen LogP contribution in [0.25, 0.3) is 0 Å². The molecule has 2 atom stereocenters. The summed E-state index contributed by atoms with van der Waals surface area (Å²) >= 11 is 1.45. The van der Waals surface area contributed by atoms with E-state index in [4.69, 9.17) is 9.47 Å². The van der Waals surface area contributed by atoms with Gasteiger partial charge in [-0.25, -0.2) is 8.42 Å². The zero-order valence-corrected chi connectivity index (χ0v) is 18.0. The Labute approximate surface area is 179 Å². The number of ether oxygens (including phenoxy) is 2. The summed E-state index contributed by atoms with van der Waals surface area (Å²) in [6.45, 7) is 0. The monoisotopic (exact) mass is 447 g/mol. The minimum Gasteiger partial charge on any atom is -0.497 e. The van der Waals surface area contributed by atoms with Crippen molar-refractivity contribution in [1.29, 1.82) is 0 Å². The number of methoxy groups -OCH3 is 2. The topological polar surface area (TPSA) is 106 Å². The predicted molar refractivity (Wildman–Crippen MR) is 119 cm³/mol. The highest BCUT2D eigenvalue weighted by atomic mass is 32.2. The summed E-state index contributed by atoms with van der Waals surface area (Å²) in [5.41, 5.74) is 1.77. The molecule has 30 heavy (non-hydrogen) atoms. The first-order chi connectivity index (χ1) is 14.4. The summed E-state index contributed by atoms with van der Waals surface area (Å²) in [5, 5.41) is 6.72. The number of nitrogens with zero attached hydrogens (tertiary/aromatic N) is 1. The summed E-state index contributed by atoms with van der Waals surface area (Å²) < 4.78 is 33.8. The number of benzene rings is 2. The van der Waals surface area contributed by atoms with Crippen molar-refractivity contribution in [2.45, 2.75) is 11.3 Å². The Hall–Kier alpha value is -2.72. The van der Waals surface area contributed by atoms with E-state index in [2.05, 4.69) is 15.6 Å². The Balaban J connectivity index is 1.41. The molecule has 2 aromatic carbocycles. The maximum atomic E-state index is 12.6. The quantitative estimate of drug-likeness (QED) is 0.726. The number of amidine groups is 1. The van der Waals surface area contributed by atoms with Gasteiger partial charge in [-0.3, -0.25) is 9.79 Å². The molecule has 0 aliphatic carbocycles. The number of nitrogens with one attached hydrogen (secondary N) is 2. The summed E-state index contributed by atoms with van der Waals surface area (Å²) in [6.07, 6.45) is 0. The maximum Gasteiger partial charge on any atom is 0.255 e. The molecule has 2 aliphatic rings. The lowest BCUT2D eigenvalue weighted by Gasteiger charge is -2.12. The highest BCUT2D eigenvalue weighted by Crippen LogP contribution is 2.34. The molecule has 2 heterocycles. The van der Waals surface area contributed by atoms with Crippen LogP contribution >= 0.6 is 11.8 Å². The van der Waals surface area contributed by atoms with Gasteiger partial charge in [0.2, 0.25) is 0 Å². The van der Waals surface area contributed by atoms with Gasteiger partial charge in [-0.1, -0.05) is 11.8 Å². The van der Waals surface area contributed by atoms with Gasteiger partial charge in [0.25, 0.3) is 5.91 Å². The SMILES string of the molecule is COc1ccc(OC)c(NC(=O)c2ccc(NC3=N[C@H]4CS(=O)(=O)C[C@H]4S3)cc2)c1. The van der Waals surface area contributed by atoms with Crippen LogP contribution in [0.15, 0.2) is 47.5 Å². The van der Waals surface area contributed by atoms with E-state index in [-0.39, 0.29) is 28.7 Å². The second-order valence-corrected chi connectivity index (χ2v) is 10.3. The standard InChI is InChI=1S/C20H21N3O5S2/c1-27-14-7-8-17(28-2)15(9-14)22-19(24)12-3-5-13(6-4-12)21-20-23-16-10-30(25,26)11-18(16)29-20/h3-9,16,18H,10-11H2,1-2H3,(H,21,23)(H,22,24)/t16-,18+/m0/s1. The molecule has 2 N–H and O–H groups in total. The van der Waals surface area contributed by atoms with Crippen molar-refractivity contribution >= 4 is 44.0 Å². The minimum absolute atomic E-state index is 0.0135. The third-order valence-electron chi connectivity index (χ3n) is 4.87. The molecule has 0 aromatic heterocycles. The lowest BCUT2D eigenvalue weighted by atomic mass is 10.2. The number of carbonyl (C=O) groups excluding carboxylic acids is 1. The fraction of sp³-hybridized carbons (Fsp3) is 0.300. The van der Waals surface area contributed by atoms with E-state index in [0.29, 0.717) is 27.9 Å². The Morgan fingerprint density at radius 2 is 1.87 bits per heavy atom. The van der Waals surface area contributed by atoms with Crippen LogP contribution in [0.4, 0.5) is 11.4 Å². The maximum absolute atomic E-state index is 12.6. The van der Waals surface area contributed by atoms with Gasteiger partial charge in [-0.15, -0.1) is 0 Å². The van der Waals surface area contributed by atoms with E-state index in [1.165, 1.54) is 18.9 Å². The second-order valence-electron chi connectivity index (χ2n) is 6.96.